The molecule has 0 aromatic heterocycles. The SMILES string of the molecule is CC(C)CCC(=O)COP(C)(C)=O. The predicted octanol–water partition coefficient (Wildman–Crippen LogP) is 2.55. The summed E-state index contributed by atoms with van der Waals surface area (Å²) < 4.78 is 16.0. The van der Waals surface area contributed by atoms with Crippen LogP contribution in [0.1, 0.15) is 26.7 Å². The minimum atomic E-state index is -2.49. The standard InChI is InChI=1S/C9H19O3P/c1-8(2)5-6-9(10)7-12-13(3,4)11/h8H,5-7H2,1-4H3. The van der Waals surface area contributed by atoms with Gasteiger partial charge in [-0.15, -0.1) is 0 Å². The van der Waals surface area contributed by atoms with Crippen LogP contribution in [0.25, 0.3) is 0 Å². The summed E-state index contributed by atoms with van der Waals surface area (Å²) in [6.45, 7) is 7.17. The van der Waals surface area contributed by atoms with Crippen LogP contribution in [0, 0.1) is 5.92 Å². The fourth-order valence-corrected chi connectivity index (χ4v) is 1.20. The van der Waals surface area contributed by atoms with E-state index in [-0.39, 0.29) is 12.4 Å². The van der Waals surface area contributed by atoms with Crippen LogP contribution in [0.3, 0.4) is 0 Å². The largest absolute Gasteiger partial charge is 0.321 e. The van der Waals surface area contributed by atoms with E-state index in [1.807, 2.05) is 0 Å². The number of carbonyl (C=O) groups excluding carboxylic acids is 1. The summed E-state index contributed by atoms with van der Waals surface area (Å²) in [6, 6.07) is 0. The minimum Gasteiger partial charge on any atom is -0.321 e. The van der Waals surface area contributed by atoms with Gasteiger partial charge in [0.15, 0.2) is 13.2 Å². The molecule has 0 radical (unpaired) electrons. The second-order valence-electron chi connectivity index (χ2n) is 4.00. The zero-order valence-corrected chi connectivity index (χ0v) is 9.77. The lowest BCUT2D eigenvalue weighted by Gasteiger charge is -2.08. The third kappa shape index (κ3) is 9.78. The molecule has 0 saturated carbocycles. The molecule has 0 heterocycles. The van der Waals surface area contributed by atoms with Gasteiger partial charge in [0.25, 0.3) is 0 Å². The summed E-state index contributed by atoms with van der Waals surface area (Å²) in [4.78, 5) is 11.1. The maximum atomic E-state index is 11.1. The lowest BCUT2D eigenvalue weighted by molar-refractivity contribution is -0.121. The van der Waals surface area contributed by atoms with Gasteiger partial charge < -0.3 is 4.52 Å². The number of rotatable bonds is 6. The lowest BCUT2D eigenvalue weighted by atomic mass is 10.1. The van der Waals surface area contributed by atoms with E-state index in [4.69, 9.17) is 4.52 Å². The van der Waals surface area contributed by atoms with E-state index in [1.165, 1.54) is 13.3 Å². The first-order valence-electron chi connectivity index (χ1n) is 4.52. The van der Waals surface area contributed by atoms with E-state index in [0.29, 0.717) is 12.3 Å². The van der Waals surface area contributed by atoms with Crippen molar-refractivity contribution in [3.05, 3.63) is 0 Å². The highest BCUT2D eigenvalue weighted by Gasteiger charge is 2.10. The van der Waals surface area contributed by atoms with Gasteiger partial charge in [-0.2, -0.15) is 0 Å². The highest BCUT2D eigenvalue weighted by Crippen LogP contribution is 2.36. The Bertz CT molecular complexity index is 205. The molecule has 0 aliphatic carbocycles. The molecule has 3 nitrogen and oxygen atoms in total. The average Bonchev–Trinajstić information content (AvgIpc) is 1.95. The molecule has 0 bridgehead atoms. The van der Waals surface area contributed by atoms with Gasteiger partial charge in [0, 0.05) is 19.8 Å². The van der Waals surface area contributed by atoms with Crippen LogP contribution in [-0.4, -0.2) is 25.7 Å². The Kier molecular flexibility index (Phi) is 5.50. The van der Waals surface area contributed by atoms with Gasteiger partial charge in [-0.25, -0.2) is 0 Å². The number of Topliss-reactive ketones (excluding diaryl/α,β-unsaturated/α-hetero) is 1. The lowest BCUT2D eigenvalue weighted by Crippen LogP contribution is -2.08. The molecular weight excluding hydrogens is 187 g/mol. The molecule has 0 rings (SSSR count). The van der Waals surface area contributed by atoms with Crippen molar-refractivity contribution in [2.45, 2.75) is 26.7 Å². The Morgan fingerprint density at radius 2 is 1.92 bits per heavy atom. The van der Waals surface area contributed by atoms with Gasteiger partial charge >= 0.3 is 0 Å². The van der Waals surface area contributed by atoms with Crippen molar-refractivity contribution in [2.75, 3.05) is 19.9 Å². The average molecular weight is 206 g/mol. The van der Waals surface area contributed by atoms with E-state index in [1.54, 1.807) is 0 Å². The molecule has 0 aromatic rings. The van der Waals surface area contributed by atoms with Crippen LogP contribution in [-0.2, 0) is 13.9 Å². The summed E-state index contributed by atoms with van der Waals surface area (Å²) in [5, 5.41) is 0. The van der Waals surface area contributed by atoms with Gasteiger partial charge in [0.2, 0.25) is 0 Å². The van der Waals surface area contributed by atoms with Crippen LogP contribution in [0.5, 0.6) is 0 Å². The van der Waals surface area contributed by atoms with Crippen LogP contribution >= 0.6 is 7.37 Å². The van der Waals surface area contributed by atoms with E-state index >= 15 is 0 Å². The smallest absolute Gasteiger partial charge is 0.197 e. The summed E-state index contributed by atoms with van der Waals surface area (Å²) in [6.07, 6.45) is 1.40. The Hall–Kier alpha value is -0.140. The van der Waals surface area contributed by atoms with Crippen molar-refractivity contribution in [3.8, 4) is 0 Å². The Balaban J connectivity index is 3.59. The summed E-state index contributed by atoms with van der Waals surface area (Å²) in [7, 11) is -2.49. The first-order chi connectivity index (χ1) is 5.81. The molecule has 0 unspecified atom stereocenters. The molecule has 0 fully saturated rings. The maximum absolute atomic E-state index is 11.1. The molecule has 0 N–H and O–H groups in total. The van der Waals surface area contributed by atoms with E-state index in [0.717, 1.165) is 6.42 Å². The predicted molar refractivity (Wildman–Crippen MR) is 54.5 cm³/mol. The fourth-order valence-electron chi connectivity index (χ4n) is 0.749. The summed E-state index contributed by atoms with van der Waals surface area (Å²) in [5.41, 5.74) is 0. The Morgan fingerprint density at radius 1 is 1.38 bits per heavy atom. The van der Waals surface area contributed by atoms with Gasteiger partial charge in [-0.05, 0) is 12.3 Å². The minimum absolute atomic E-state index is 0.00298. The Labute approximate surface area is 80.3 Å². The van der Waals surface area contributed by atoms with Crippen LogP contribution in [0.15, 0.2) is 0 Å². The van der Waals surface area contributed by atoms with Crippen molar-refractivity contribution >= 4 is 13.2 Å². The first kappa shape index (κ1) is 12.9. The highest BCUT2D eigenvalue weighted by atomic mass is 31.2. The molecular formula is C9H19O3P. The van der Waals surface area contributed by atoms with Gasteiger partial charge in [-0.1, -0.05) is 13.8 Å². The Morgan fingerprint density at radius 3 is 2.31 bits per heavy atom. The molecule has 0 amide bonds. The maximum Gasteiger partial charge on any atom is 0.197 e. The van der Waals surface area contributed by atoms with Crippen LogP contribution < -0.4 is 0 Å². The first-order valence-corrected chi connectivity index (χ1v) is 7.04. The zero-order chi connectivity index (χ0) is 10.5. The monoisotopic (exact) mass is 206 g/mol. The van der Waals surface area contributed by atoms with Crippen molar-refractivity contribution in [1.82, 2.24) is 0 Å². The molecule has 13 heavy (non-hydrogen) atoms. The van der Waals surface area contributed by atoms with Crippen molar-refractivity contribution in [1.29, 1.82) is 0 Å². The van der Waals surface area contributed by atoms with Gasteiger partial charge in [0.1, 0.15) is 6.61 Å². The van der Waals surface area contributed by atoms with Gasteiger partial charge in [-0.3, -0.25) is 9.36 Å². The van der Waals surface area contributed by atoms with Crippen molar-refractivity contribution in [2.24, 2.45) is 5.92 Å². The molecule has 0 aliphatic rings. The van der Waals surface area contributed by atoms with Crippen LogP contribution in [0.4, 0.5) is 0 Å². The zero-order valence-electron chi connectivity index (χ0n) is 8.87. The van der Waals surface area contributed by atoms with Gasteiger partial charge in [0.05, 0.1) is 0 Å². The third-order valence-corrected chi connectivity index (χ3v) is 2.29. The highest BCUT2D eigenvalue weighted by molar-refractivity contribution is 7.57. The van der Waals surface area contributed by atoms with E-state index in [2.05, 4.69) is 13.8 Å². The molecule has 0 saturated heterocycles. The van der Waals surface area contributed by atoms with E-state index < -0.39 is 7.37 Å². The number of hydrogen-bond acceptors (Lipinski definition) is 3. The topological polar surface area (TPSA) is 43.4 Å². The number of carbonyl (C=O) groups is 1. The molecule has 0 atom stereocenters. The van der Waals surface area contributed by atoms with Crippen molar-refractivity contribution in [3.63, 3.8) is 0 Å². The quantitative estimate of drug-likeness (QED) is 0.627. The van der Waals surface area contributed by atoms with E-state index in [9.17, 15) is 9.36 Å². The third-order valence-electron chi connectivity index (χ3n) is 1.54. The number of hydrogen-bond donors (Lipinski definition) is 0. The van der Waals surface area contributed by atoms with Crippen molar-refractivity contribution < 1.29 is 13.9 Å². The molecule has 0 aliphatic heterocycles. The molecule has 78 valence electrons. The fraction of sp³-hybridized carbons (Fsp3) is 0.889. The second-order valence-corrected chi connectivity index (χ2v) is 6.76. The van der Waals surface area contributed by atoms with Crippen LogP contribution in [0.2, 0.25) is 0 Å². The molecule has 0 spiro atoms. The molecule has 0 aromatic carbocycles. The normalized spacial score (nSPS) is 12.1. The summed E-state index contributed by atoms with van der Waals surface area (Å²) >= 11 is 0. The summed E-state index contributed by atoms with van der Waals surface area (Å²) in [5.74, 6) is 0.566. The number of ketones is 1. The second kappa shape index (κ2) is 5.56. The molecule has 4 heteroatoms.